The molecular weight excluding hydrogens is 347 g/mol. The lowest BCUT2D eigenvalue weighted by molar-refractivity contribution is 0.160. The van der Waals surface area contributed by atoms with E-state index < -0.39 is 5.67 Å². The lowest BCUT2D eigenvalue weighted by Crippen LogP contribution is -2.30. The third-order valence-electron chi connectivity index (χ3n) is 5.51. The van der Waals surface area contributed by atoms with Gasteiger partial charge in [0.15, 0.2) is 5.67 Å². The molecule has 1 aliphatic rings. The van der Waals surface area contributed by atoms with E-state index in [-0.39, 0.29) is 0 Å². The first-order valence-corrected chi connectivity index (χ1v) is 9.47. The fourth-order valence-corrected chi connectivity index (χ4v) is 4.18. The van der Waals surface area contributed by atoms with E-state index in [0.29, 0.717) is 17.1 Å². The molecule has 0 saturated heterocycles. The van der Waals surface area contributed by atoms with E-state index in [9.17, 15) is 0 Å². The summed E-state index contributed by atoms with van der Waals surface area (Å²) in [6, 6.07) is 13.6. The Labute approximate surface area is 159 Å². The van der Waals surface area contributed by atoms with Gasteiger partial charge in [-0.05, 0) is 62.7 Å². The van der Waals surface area contributed by atoms with Crippen molar-refractivity contribution in [1.29, 1.82) is 0 Å². The monoisotopic (exact) mass is 370 g/mol. The summed E-state index contributed by atoms with van der Waals surface area (Å²) in [5, 5.41) is 1.91. The van der Waals surface area contributed by atoms with Crippen LogP contribution in [-0.4, -0.2) is 23.1 Å². The molecule has 26 heavy (non-hydrogen) atoms. The minimum atomic E-state index is -1.47. The van der Waals surface area contributed by atoms with Gasteiger partial charge in [-0.15, -0.1) is 0 Å². The van der Waals surface area contributed by atoms with Crippen LogP contribution in [0.15, 0.2) is 42.5 Å². The average molecular weight is 371 g/mol. The summed E-state index contributed by atoms with van der Waals surface area (Å²) in [5.41, 5.74) is 4.20. The van der Waals surface area contributed by atoms with Crippen LogP contribution >= 0.6 is 11.6 Å². The van der Waals surface area contributed by atoms with E-state index in [2.05, 4.69) is 41.6 Å². The molecule has 136 valence electrons. The van der Waals surface area contributed by atoms with Gasteiger partial charge in [0, 0.05) is 34.7 Å². The van der Waals surface area contributed by atoms with Gasteiger partial charge < -0.3 is 9.47 Å². The highest BCUT2D eigenvalue weighted by Gasteiger charge is 2.30. The molecular formula is C22H24ClFN2. The second kappa shape index (κ2) is 6.40. The molecule has 0 spiro atoms. The van der Waals surface area contributed by atoms with Crippen molar-refractivity contribution >= 4 is 22.5 Å². The van der Waals surface area contributed by atoms with Gasteiger partial charge in [0.05, 0.1) is 6.54 Å². The normalized spacial score (nSPS) is 17.3. The molecule has 0 radical (unpaired) electrons. The Bertz CT molecular complexity index is 956. The molecule has 0 N–H and O–H groups in total. The van der Waals surface area contributed by atoms with Crippen LogP contribution in [0.3, 0.4) is 0 Å². The zero-order chi connectivity index (χ0) is 18.5. The van der Waals surface area contributed by atoms with Crippen LogP contribution in [0.2, 0.25) is 5.02 Å². The van der Waals surface area contributed by atoms with E-state index in [1.165, 1.54) is 22.2 Å². The number of rotatable bonds is 3. The number of benzene rings is 2. The van der Waals surface area contributed by atoms with Crippen LogP contribution in [0.4, 0.5) is 4.39 Å². The maximum atomic E-state index is 15.7. The van der Waals surface area contributed by atoms with E-state index in [1.807, 2.05) is 0 Å². The number of nitrogens with zero attached hydrogens (tertiary/aromatic N) is 2. The smallest absolute Gasteiger partial charge is 0.151 e. The van der Waals surface area contributed by atoms with Gasteiger partial charge in [0.25, 0.3) is 0 Å². The zero-order valence-corrected chi connectivity index (χ0v) is 16.3. The van der Waals surface area contributed by atoms with Gasteiger partial charge >= 0.3 is 0 Å². The van der Waals surface area contributed by atoms with Crippen LogP contribution in [-0.2, 0) is 25.2 Å². The first-order chi connectivity index (χ1) is 12.3. The summed E-state index contributed by atoms with van der Waals surface area (Å²) in [6.07, 6.45) is 1.02. The second-order valence-corrected chi connectivity index (χ2v) is 8.16. The highest BCUT2D eigenvalue weighted by atomic mass is 35.5. The predicted octanol–water partition coefficient (Wildman–Crippen LogP) is 5.48. The first-order valence-electron chi connectivity index (χ1n) is 9.09. The molecule has 4 rings (SSSR count). The number of alkyl halides is 1. The summed E-state index contributed by atoms with van der Waals surface area (Å²) in [5.74, 6) is 0. The van der Waals surface area contributed by atoms with Crippen molar-refractivity contribution in [3.63, 3.8) is 0 Å². The maximum absolute atomic E-state index is 15.7. The summed E-state index contributed by atoms with van der Waals surface area (Å²) >= 11 is 5.98. The van der Waals surface area contributed by atoms with Crippen molar-refractivity contribution in [1.82, 2.24) is 9.47 Å². The molecule has 2 heterocycles. The Hall–Kier alpha value is -1.84. The van der Waals surface area contributed by atoms with Crippen molar-refractivity contribution in [2.24, 2.45) is 0 Å². The molecule has 2 aromatic carbocycles. The van der Waals surface area contributed by atoms with E-state index >= 15 is 4.39 Å². The fourth-order valence-electron chi connectivity index (χ4n) is 4.05. The topological polar surface area (TPSA) is 8.17 Å². The van der Waals surface area contributed by atoms with Crippen molar-refractivity contribution in [2.45, 2.75) is 39.0 Å². The molecule has 0 bridgehead atoms. The lowest BCUT2D eigenvalue weighted by Gasteiger charge is -2.28. The van der Waals surface area contributed by atoms with Crippen molar-refractivity contribution in [2.75, 3.05) is 13.6 Å². The fraction of sp³-hybridized carbons (Fsp3) is 0.364. The van der Waals surface area contributed by atoms with Crippen molar-refractivity contribution < 1.29 is 4.39 Å². The molecule has 0 amide bonds. The average Bonchev–Trinajstić information content (AvgIpc) is 2.87. The minimum Gasteiger partial charge on any atom is -0.339 e. The Morgan fingerprint density at radius 2 is 1.88 bits per heavy atom. The number of hydrogen-bond donors (Lipinski definition) is 0. The molecule has 0 aliphatic carbocycles. The number of fused-ring (bicyclic) bond motifs is 3. The summed E-state index contributed by atoms with van der Waals surface area (Å²) in [4.78, 5) is 2.31. The van der Waals surface area contributed by atoms with E-state index in [4.69, 9.17) is 11.6 Å². The SMILES string of the molecule is Cc1ccc2c(c1)c1c(n2CC(C)(F)c2ccc(Cl)cc2)CN(C)CC1. The molecule has 1 aliphatic heterocycles. The summed E-state index contributed by atoms with van der Waals surface area (Å²) in [6.45, 7) is 5.99. The molecule has 1 aromatic heterocycles. The second-order valence-electron chi connectivity index (χ2n) is 7.72. The van der Waals surface area contributed by atoms with Crippen LogP contribution in [0.1, 0.15) is 29.3 Å². The standard InChI is InChI=1S/C22H24ClFN2/c1-15-4-9-20-19(12-15)18-10-11-25(3)13-21(18)26(20)14-22(2,24)16-5-7-17(23)8-6-16/h4-9,12H,10-11,13-14H2,1-3H3. The minimum absolute atomic E-state index is 0.303. The summed E-state index contributed by atoms with van der Waals surface area (Å²) < 4.78 is 17.9. The van der Waals surface area contributed by atoms with Crippen molar-refractivity contribution in [3.8, 4) is 0 Å². The quantitative estimate of drug-likeness (QED) is 0.593. The van der Waals surface area contributed by atoms with Gasteiger partial charge in [0.2, 0.25) is 0 Å². The van der Waals surface area contributed by atoms with Crippen LogP contribution < -0.4 is 0 Å². The summed E-state index contributed by atoms with van der Waals surface area (Å²) in [7, 11) is 2.13. The van der Waals surface area contributed by atoms with Gasteiger partial charge in [0.1, 0.15) is 0 Å². The number of aromatic nitrogens is 1. The van der Waals surface area contributed by atoms with E-state index in [0.717, 1.165) is 25.0 Å². The zero-order valence-electron chi connectivity index (χ0n) is 15.5. The lowest BCUT2D eigenvalue weighted by atomic mass is 9.97. The molecule has 0 fully saturated rings. The largest absolute Gasteiger partial charge is 0.339 e. The number of hydrogen-bond acceptors (Lipinski definition) is 1. The van der Waals surface area contributed by atoms with Gasteiger partial charge in [-0.2, -0.15) is 0 Å². The van der Waals surface area contributed by atoms with Gasteiger partial charge in [-0.3, -0.25) is 0 Å². The van der Waals surface area contributed by atoms with Gasteiger partial charge in [-0.1, -0.05) is 35.4 Å². The molecule has 1 atom stereocenters. The van der Waals surface area contributed by atoms with Crippen LogP contribution in [0.5, 0.6) is 0 Å². The molecule has 3 aromatic rings. The molecule has 4 heteroatoms. The Morgan fingerprint density at radius 3 is 2.62 bits per heavy atom. The maximum Gasteiger partial charge on any atom is 0.151 e. The Kier molecular flexibility index (Phi) is 4.32. The highest BCUT2D eigenvalue weighted by molar-refractivity contribution is 6.30. The number of likely N-dealkylation sites (N-methyl/N-ethyl adjacent to an activating group) is 1. The predicted molar refractivity (Wildman–Crippen MR) is 107 cm³/mol. The Balaban J connectivity index is 1.83. The van der Waals surface area contributed by atoms with Crippen molar-refractivity contribution in [3.05, 3.63) is 69.9 Å². The number of aryl methyl sites for hydroxylation is 1. The van der Waals surface area contributed by atoms with E-state index in [1.54, 1.807) is 31.2 Å². The van der Waals surface area contributed by atoms with Crippen LogP contribution in [0, 0.1) is 6.92 Å². The van der Waals surface area contributed by atoms with Gasteiger partial charge in [-0.25, -0.2) is 4.39 Å². The van der Waals surface area contributed by atoms with Crippen LogP contribution in [0.25, 0.3) is 10.9 Å². The molecule has 2 nitrogen and oxygen atoms in total. The Morgan fingerprint density at radius 1 is 1.15 bits per heavy atom. The highest BCUT2D eigenvalue weighted by Crippen LogP contribution is 2.36. The third-order valence-corrected chi connectivity index (χ3v) is 5.76. The third kappa shape index (κ3) is 3.04. The molecule has 0 saturated carbocycles. The number of halogens is 2. The molecule has 1 unspecified atom stereocenters. The first kappa shape index (κ1) is 17.6.